The van der Waals surface area contributed by atoms with Crippen LogP contribution in [-0.4, -0.2) is 18.5 Å². The highest BCUT2D eigenvalue weighted by Crippen LogP contribution is 2.19. The van der Waals surface area contributed by atoms with E-state index in [-0.39, 0.29) is 5.56 Å². The lowest BCUT2D eigenvalue weighted by molar-refractivity contribution is -0.119. The van der Waals surface area contributed by atoms with Gasteiger partial charge in [0.25, 0.3) is 5.91 Å². The van der Waals surface area contributed by atoms with Crippen molar-refractivity contribution in [3.8, 4) is 6.07 Å². The highest BCUT2D eigenvalue weighted by molar-refractivity contribution is 5.95. The number of nitrogens with one attached hydrogen (secondary N) is 1. The number of amides is 1. The Bertz CT molecular complexity index is 830. The average Bonchev–Trinajstić information content (AvgIpc) is 2.60. The zero-order valence-corrected chi connectivity index (χ0v) is 12.0. The Balaban J connectivity index is 1.94. The summed E-state index contributed by atoms with van der Waals surface area (Å²) in [4.78, 5) is 23.3. The van der Waals surface area contributed by atoms with E-state index in [0.717, 1.165) is 6.07 Å². The molecule has 24 heavy (non-hydrogen) atoms. The van der Waals surface area contributed by atoms with E-state index in [1.807, 2.05) is 11.4 Å². The molecule has 2 rings (SSSR count). The minimum atomic E-state index is -1.72. The number of esters is 1. The Kier molecular flexibility index (Phi) is 5.16. The van der Waals surface area contributed by atoms with Crippen LogP contribution in [0.1, 0.15) is 15.9 Å². The fourth-order valence-corrected chi connectivity index (χ4v) is 1.70. The Hall–Kier alpha value is -3.34. The summed E-state index contributed by atoms with van der Waals surface area (Å²) in [5.41, 5.74) is -0.118. The molecular weight excluding hydrogens is 325 g/mol. The van der Waals surface area contributed by atoms with E-state index in [0.29, 0.717) is 11.6 Å². The number of nitriles is 1. The van der Waals surface area contributed by atoms with Gasteiger partial charge in [-0.25, -0.2) is 18.0 Å². The summed E-state index contributed by atoms with van der Waals surface area (Å²) in [5, 5.41) is 10.6. The van der Waals surface area contributed by atoms with Crippen molar-refractivity contribution in [2.45, 2.75) is 0 Å². The normalized spacial score (nSPS) is 9.92. The predicted octanol–water partition coefficient (Wildman–Crippen LogP) is 2.77. The van der Waals surface area contributed by atoms with Crippen molar-refractivity contribution in [3.63, 3.8) is 0 Å². The van der Waals surface area contributed by atoms with Gasteiger partial charge in [0.05, 0.1) is 22.9 Å². The van der Waals surface area contributed by atoms with Crippen molar-refractivity contribution in [2.24, 2.45) is 0 Å². The van der Waals surface area contributed by atoms with Gasteiger partial charge in [0.1, 0.15) is 0 Å². The lowest BCUT2D eigenvalue weighted by Gasteiger charge is -2.08. The van der Waals surface area contributed by atoms with Crippen molar-refractivity contribution in [1.82, 2.24) is 0 Å². The molecule has 5 nitrogen and oxygen atoms in total. The van der Waals surface area contributed by atoms with E-state index in [9.17, 15) is 22.8 Å². The number of carbonyl (C=O) groups excluding carboxylic acids is 2. The number of ether oxygens (including phenoxy) is 1. The maximum absolute atomic E-state index is 13.4. The molecule has 0 radical (unpaired) electrons. The summed E-state index contributed by atoms with van der Waals surface area (Å²) in [6.07, 6.45) is 0. The fourth-order valence-electron chi connectivity index (χ4n) is 1.70. The molecule has 122 valence electrons. The number of nitrogens with zero attached hydrogens (tertiary/aromatic N) is 1. The summed E-state index contributed by atoms with van der Waals surface area (Å²) in [6, 6.07) is 8.84. The van der Waals surface area contributed by atoms with Gasteiger partial charge in [-0.05, 0) is 36.4 Å². The number of benzene rings is 2. The van der Waals surface area contributed by atoms with Crippen molar-refractivity contribution >= 4 is 17.6 Å². The van der Waals surface area contributed by atoms with Crippen LogP contribution in [-0.2, 0) is 9.53 Å². The Morgan fingerprint density at radius 2 is 1.71 bits per heavy atom. The summed E-state index contributed by atoms with van der Waals surface area (Å²) in [5.74, 6) is -6.43. The number of halogens is 3. The average molecular weight is 334 g/mol. The summed E-state index contributed by atoms with van der Waals surface area (Å²) in [6.45, 7) is -0.753. The van der Waals surface area contributed by atoms with E-state index in [1.165, 1.54) is 24.3 Å². The summed E-state index contributed by atoms with van der Waals surface area (Å²) >= 11 is 0. The molecule has 0 atom stereocenters. The molecule has 2 aromatic carbocycles. The molecule has 2 aromatic rings. The topological polar surface area (TPSA) is 79.2 Å². The van der Waals surface area contributed by atoms with E-state index >= 15 is 0 Å². The van der Waals surface area contributed by atoms with Crippen LogP contribution in [0.5, 0.6) is 0 Å². The molecule has 0 fully saturated rings. The van der Waals surface area contributed by atoms with Crippen LogP contribution in [0.3, 0.4) is 0 Å². The molecule has 0 unspecified atom stereocenters. The Morgan fingerprint density at radius 3 is 2.33 bits per heavy atom. The molecule has 0 saturated carbocycles. The van der Waals surface area contributed by atoms with Gasteiger partial charge in [-0.1, -0.05) is 0 Å². The first kappa shape index (κ1) is 17.0. The summed E-state index contributed by atoms with van der Waals surface area (Å²) in [7, 11) is 0. The maximum atomic E-state index is 13.4. The third-order valence-corrected chi connectivity index (χ3v) is 2.89. The van der Waals surface area contributed by atoms with Crippen LogP contribution in [0.2, 0.25) is 0 Å². The lowest BCUT2D eigenvalue weighted by atomic mass is 10.1. The molecule has 0 aromatic heterocycles. The zero-order chi connectivity index (χ0) is 17.7. The fraction of sp³-hybridized carbons (Fsp3) is 0.0625. The SMILES string of the molecule is N#Cc1ccc(C(=O)OCC(=O)Nc2ccc(F)c(F)c2F)cc1. The smallest absolute Gasteiger partial charge is 0.338 e. The van der Waals surface area contributed by atoms with Gasteiger partial charge in [-0.2, -0.15) is 5.26 Å². The number of carbonyl (C=O) groups is 2. The van der Waals surface area contributed by atoms with Gasteiger partial charge in [-0.15, -0.1) is 0 Å². The first-order valence-corrected chi connectivity index (χ1v) is 6.53. The Labute approximate surface area is 134 Å². The first-order valence-electron chi connectivity index (χ1n) is 6.53. The van der Waals surface area contributed by atoms with Gasteiger partial charge in [0, 0.05) is 0 Å². The third kappa shape index (κ3) is 3.89. The minimum Gasteiger partial charge on any atom is -0.452 e. The third-order valence-electron chi connectivity index (χ3n) is 2.89. The van der Waals surface area contributed by atoms with Crippen LogP contribution in [0.15, 0.2) is 36.4 Å². The van der Waals surface area contributed by atoms with Crippen molar-refractivity contribution in [3.05, 3.63) is 65.0 Å². The lowest BCUT2D eigenvalue weighted by Crippen LogP contribution is -2.21. The highest BCUT2D eigenvalue weighted by Gasteiger charge is 2.16. The number of anilines is 1. The molecule has 8 heteroatoms. The minimum absolute atomic E-state index is 0.112. The summed E-state index contributed by atoms with van der Waals surface area (Å²) < 4.78 is 43.9. The van der Waals surface area contributed by atoms with Gasteiger partial charge in [-0.3, -0.25) is 4.79 Å². The van der Waals surface area contributed by atoms with Crippen LogP contribution < -0.4 is 5.32 Å². The van der Waals surface area contributed by atoms with Gasteiger partial charge in [0.15, 0.2) is 24.1 Å². The van der Waals surface area contributed by atoms with Gasteiger partial charge in [0.2, 0.25) is 0 Å². The largest absolute Gasteiger partial charge is 0.452 e. The van der Waals surface area contributed by atoms with E-state index in [2.05, 4.69) is 0 Å². The van der Waals surface area contributed by atoms with E-state index < -0.39 is 41.6 Å². The second-order valence-electron chi connectivity index (χ2n) is 4.54. The highest BCUT2D eigenvalue weighted by atomic mass is 19.2. The quantitative estimate of drug-likeness (QED) is 0.689. The molecule has 0 saturated heterocycles. The van der Waals surface area contributed by atoms with E-state index in [1.54, 1.807) is 0 Å². The van der Waals surface area contributed by atoms with Crippen LogP contribution in [0.25, 0.3) is 0 Å². The maximum Gasteiger partial charge on any atom is 0.338 e. The van der Waals surface area contributed by atoms with E-state index in [4.69, 9.17) is 10.00 Å². The molecule has 0 spiro atoms. The van der Waals surface area contributed by atoms with Gasteiger partial charge >= 0.3 is 5.97 Å². The van der Waals surface area contributed by atoms with Crippen LogP contribution in [0.4, 0.5) is 18.9 Å². The molecule has 1 N–H and O–H groups in total. The number of rotatable bonds is 4. The number of hydrogen-bond acceptors (Lipinski definition) is 4. The molecular formula is C16H9F3N2O3. The second-order valence-corrected chi connectivity index (χ2v) is 4.54. The molecule has 1 amide bonds. The van der Waals surface area contributed by atoms with Crippen molar-refractivity contribution in [2.75, 3.05) is 11.9 Å². The molecule has 0 aliphatic rings. The Morgan fingerprint density at radius 1 is 1.04 bits per heavy atom. The predicted molar refractivity (Wildman–Crippen MR) is 76.4 cm³/mol. The molecule has 0 bridgehead atoms. The standard InChI is InChI=1S/C16H9F3N2O3/c17-11-5-6-12(15(19)14(11)18)21-13(22)8-24-16(23)10-3-1-9(7-20)2-4-10/h1-6H,8H2,(H,21,22). The molecule has 0 aliphatic carbocycles. The van der Waals surface area contributed by atoms with Crippen molar-refractivity contribution < 1.29 is 27.5 Å². The second kappa shape index (κ2) is 7.28. The van der Waals surface area contributed by atoms with Crippen LogP contribution >= 0.6 is 0 Å². The number of hydrogen-bond donors (Lipinski definition) is 1. The zero-order valence-electron chi connectivity index (χ0n) is 12.0. The first-order chi connectivity index (χ1) is 11.4. The van der Waals surface area contributed by atoms with Crippen molar-refractivity contribution in [1.29, 1.82) is 5.26 Å². The monoisotopic (exact) mass is 334 g/mol. The van der Waals surface area contributed by atoms with Crippen LogP contribution in [0, 0.1) is 28.8 Å². The molecule has 0 heterocycles. The molecule has 0 aliphatic heterocycles. The van der Waals surface area contributed by atoms with Gasteiger partial charge < -0.3 is 10.1 Å².